The molecule has 0 radical (unpaired) electrons. The van der Waals surface area contributed by atoms with Crippen LogP contribution in [-0.2, 0) is 14.6 Å². The molecule has 2 heterocycles. The van der Waals surface area contributed by atoms with Crippen molar-refractivity contribution in [3.8, 4) is 0 Å². The second kappa shape index (κ2) is 5.59. The van der Waals surface area contributed by atoms with Gasteiger partial charge in [-0.3, -0.25) is 9.79 Å². The monoisotopic (exact) mass is 411 g/mol. The molecule has 126 valence electrons. The molecule has 0 aromatic heterocycles. The Morgan fingerprint density at radius 3 is 2.71 bits per heavy atom. The molecule has 1 fully saturated rings. The Hall–Kier alpha value is -1.34. The van der Waals surface area contributed by atoms with Gasteiger partial charge in [-0.1, -0.05) is 6.07 Å². The van der Waals surface area contributed by atoms with Crippen LogP contribution in [0.5, 0.6) is 0 Å². The fourth-order valence-corrected chi connectivity index (χ4v) is 6.19. The normalized spacial score (nSPS) is 28.4. The summed E-state index contributed by atoms with van der Waals surface area (Å²) in [6, 6.07) is 4.47. The predicted molar refractivity (Wildman–Crippen MR) is 92.1 cm³/mol. The summed E-state index contributed by atoms with van der Waals surface area (Å²) in [6.07, 6.45) is 2.29. The molecule has 1 saturated carbocycles. The van der Waals surface area contributed by atoms with E-state index in [4.69, 9.17) is 0 Å². The lowest BCUT2D eigenvalue weighted by atomic mass is 9.72. The Morgan fingerprint density at radius 1 is 1.17 bits per heavy atom. The van der Waals surface area contributed by atoms with Gasteiger partial charge in [-0.2, -0.15) is 0 Å². The first-order valence-corrected chi connectivity index (χ1v) is 10.3. The van der Waals surface area contributed by atoms with Crippen LogP contribution >= 0.6 is 15.9 Å². The van der Waals surface area contributed by atoms with Crippen LogP contribution < -0.4 is 0 Å². The third kappa shape index (κ3) is 2.40. The van der Waals surface area contributed by atoms with Crippen molar-refractivity contribution >= 4 is 37.3 Å². The van der Waals surface area contributed by atoms with Crippen LogP contribution in [0.25, 0.3) is 0 Å². The number of carbonyl (C=O) groups excluding carboxylic acids is 1. The van der Waals surface area contributed by atoms with Crippen LogP contribution in [0.3, 0.4) is 0 Å². The molecule has 4 nitrogen and oxygen atoms in total. The fraction of sp³-hybridized carbons (Fsp3) is 0.412. The van der Waals surface area contributed by atoms with Crippen molar-refractivity contribution in [3.05, 3.63) is 44.7 Å². The van der Waals surface area contributed by atoms with Crippen molar-refractivity contribution < 1.29 is 17.6 Å². The molecule has 7 heteroatoms. The zero-order valence-electron chi connectivity index (χ0n) is 12.8. The Kier molecular flexibility index (Phi) is 3.76. The smallest absolute Gasteiger partial charge is 0.177 e. The Labute approximate surface area is 147 Å². The van der Waals surface area contributed by atoms with Crippen LogP contribution in [0.1, 0.15) is 37.2 Å². The molecule has 2 aliphatic heterocycles. The number of ketones is 1. The minimum atomic E-state index is -3.43. The van der Waals surface area contributed by atoms with E-state index >= 15 is 0 Å². The van der Waals surface area contributed by atoms with Crippen molar-refractivity contribution in [1.29, 1.82) is 0 Å². The molecule has 0 N–H and O–H groups in total. The number of hydrogen-bond donors (Lipinski definition) is 0. The molecule has 2 atom stereocenters. The Bertz CT molecular complexity index is 920. The summed E-state index contributed by atoms with van der Waals surface area (Å²) in [7, 11) is -3.43. The molecule has 4 rings (SSSR count). The molecule has 0 spiro atoms. The summed E-state index contributed by atoms with van der Waals surface area (Å²) >= 11 is 3.16. The molecule has 1 aromatic rings. The number of Topliss-reactive ketones (excluding diaryl/α,β-unsaturated/α-hetero) is 1. The first-order valence-electron chi connectivity index (χ1n) is 7.89. The van der Waals surface area contributed by atoms with E-state index in [2.05, 4.69) is 20.9 Å². The van der Waals surface area contributed by atoms with E-state index in [9.17, 15) is 17.6 Å². The molecule has 3 aliphatic rings. The molecule has 24 heavy (non-hydrogen) atoms. The van der Waals surface area contributed by atoms with Crippen LogP contribution in [0.4, 0.5) is 4.39 Å². The number of halogens is 2. The van der Waals surface area contributed by atoms with E-state index in [1.165, 1.54) is 6.07 Å². The van der Waals surface area contributed by atoms with E-state index in [-0.39, 0.29) is 20.9 Å². The van der Waals surface area contributed by atoms with Gasteiger partial charge in [-0.25, -0.2) is 12.8 Å². The quantitative estimate of drug-likeness (QED) is 0.709. The molecule has 1 unspecified atom stereocenters. The third-order valence-electron chi connectivity index (χ3n) is 4.99. The van der Waals surface area contributed by atoms with Crippen LogP contribution in [0.15, 0.2) is 38.3 Å². The lowest BCUT2D eigenvalue weighted by molar-refractivity contribution is -0.121. The maximum Gasteiger partial charge on any atom is 0.177 e. The first kappa shape index (κ1) is 16.1. The number of fused-ring (bicyclic) bond motifs is 1. The molecular formula is C17H15BrFNO3S. The average molecular weight is 412 g/mol. The van der Waals surface area contributed by atoms with Gasteiger partial charge in [-0.15, -0.1) is 0 Å². The molecule has 0 bridgehead atoms. The summed E-state index contributed by atoms with van der Waals surface area (Å²) in [5, 5.41) is 0. The molecule has 0 saturated heterocycles. The van der Waals surface area contributed by atoms with Gasteiger partial charge in [0, 0.05) is 24.5 Å². The highest BCUT2D eigenvalue weighted by Gasteiger charge is 2.47. The van der Waals surface area contributed by atoms with Gasteiger partial charge >= 0.3 is 0 Å². The zero-order chi connectivity index (χ0) is 17.1. The number of rotatable bonds is 1. The Balaban J connectivity index is 1.94. The van der Waals surface area contributed by atoms with Crippen molar-refractivity contribution in [2.75, 3.05) is 5.75 Å². The van der Waals surface area contributed by atoms with Crippen LogP contribution in [0, 0.1) is 11.7 Å². The summed E-state index contributed by atoms with van der Waals surface area (Å²) in [6.45, 7) is 0. The van der Waals surface area contributed by atoms with Gasteiger partial charge in [0.25, 0.3) is 0 Å². The maximum atomic E-state index is 13.6. The second-order valence-electron chi connectivity index (χ2n) is 6.43. The van der Waals surface area contributed by atoms with Crippen molar-refractivity contribution in [3.63, 3.8) is 0 Å². The lowest BCUT2D eigenvalue weighted by Crippen LogP contribution is -2.37. The summed E-state index contributed by atoms with van der Waals surface area (Å²) in [5.41, 5.74) is 2.02. The van der Waals surface area contributed by atoms with E-state index in [0.29, 0.717) is 30.5 Å². The largest absolute Gasteiger partial charge is 0.299 e. The lowest BCUT2D eigenvalue weighted by Gasteiger charge is -2.34. The number of benzene rings is 1. The standard InChI is InChI=1S/C17H15BrFNO3S/c18-10-8-9(4-5-11(10)19)15-16-12(2-1-3-14(16)21)20-13-6-7-24(22,23)17(13)15/h4-5,8,15-16H,1-3,6-7H2/t15-,16?/m1/s1. The summed E-state index contributed by atoms with van der Waals surface area (Å²) in [4.78, 5) is 17.4. The molecular weight excluding hydrogens is 397 g/mol. The molecule has 1 aliphatic carbocycles. The van der Waals surface area contributed by atoms with Gasteiger partial charge in [0.1, 0.15) is 11.6 Å². The van der Waals surface area contributed by atoms with E-state index in [1.807, 2.05) is 0 Å². The highest BCUT2D eigenvalue weighted by Crippen LogP contribution is 2.48. The number of allylic oxidation sites excluding steroid dienone is 2. The number of nitrogens with zero attached hydrogens (tertiary/aromatic N) is 1. The SMILES string of the molecule is O=C1CCCC2=NC3=C([C@H](c4ccc(F)c(Br)c4)C12)S(=O)(=O)CC3. The van der Waals surface area contributed by atoms with Crippen LogP contribution in [0.2, 0.25) is 0 Å². The number of hydrogen-bond acceptors (Lipinski definition) is 4. The van der Waals surface area contributed by atoms with Crippen LogP contribution in [-0.4, -0.2) is 25.7 Å². The third-order valence-corrected chi connectivity index (χ3v) is 7.50. The number of carbonyl (C=O) groups is 1. The van der Waals surface area contributed by atoms with E-state index in [1.54, 1.807) is 12.1 Å². The van der Waals surface area contributed by atoms with Gasteiger partial charge in [0.15, 0.2) is 9.84 Å². The highest BCUT2D eigenvalue weighted by molar-refractivity contribution is 9.10. The molecule has 1 aromatic carbocycles. The minimum Gasteiger partial charge on any atom is -0.299 e. The fourth-order valence-electron chi connectivity index (χ4n) is 3.95. The summed E-state index contributed by atoms with van der Waals surface area (Å²) < 4.78 is 39.1. The summed E-state index contributed by atoms with van der Waals surface area (Å²) in [5.74, 6) is -1.47. The predicted octanol–water partition coefficient (Wildman–Crippen LogP) is 3.53. The van der Waals surface area contributed by atoms with E-state index < -0.39 is 27.5 Å². The number of aliphatic imine (C=N–C) groups is 1. The molecule has 0 amide bonds. The van der Waals surface area contributed by atoms with E-state index in [0.717, 1.165) is 12.1 Å². The first-order chi connectivity index (χ1) is 11.4. The van der Waals surface area contributed by atoms with Crippen molar-refractivity contribution in [2.24, 2.45) is 10.9 Å². The minimum absolute atomic E-state index is 0.0269. The zero-order valence-corrected chi connectivity index (χ0v) is 15.2. The van der Waals surface area contributed by atoms with Gasteiger partial charge in [0.05, 0.1) is 26.7 Å². The average Bonchev–Trinajstić information content (AvgIpc) is 2.84. The number of sulfone groups is 1. The van der Waals surface area contributed by atoms with Gasteiger partial charge in [-0.05, 0) is 46.5 Å². The Morgan fingerprint density at radius 2 is 1.96 bits per heavy atom. The van der Waals surface area contributed by atoms with Crippen molar-refractivity contribution in [2.45, 2.75) is 31.6 Å². The maximum absolute atomic E-state index is 13.6. The second-order valence-corrected chi connectivity index (χ2v) is 9.36. The highest BCUT2D eigenvalue weighted by atomic mass is 79.9. The van der Waals surface area contributed by atoms with Crippen molar-refractivity contribution in [1.82, 2.24) is 0 Å². The topological polar surface area (TPSA) is 63.6 Å². The van der Waals surface area contributed by atoms with Gasteiger partial charge < -0.3 is 0 Å². The van der Waals surface area contributed by atoms with Gasteiger partial charge in [0.2, 0.25) is 0 Å².